The molecular formula is C30H38ClN3O3. The molecule has 7 heteroatoms. The molecule has 37 heavy (non-hydrogen) atoms. The van der Waals surface area contributed by atoms with E-state index in [9.17, 15) is 10.2 Å². The highest BCUT2D eigenvalue weighted by Gasteiger charge is 2.76. The minimum absolute atomic E-state index is 0.0422. The number of nitrogens with zero attached hydrogens (tertiary/aromatic N) is 2. The van der Waals surface area contributed by atoms with Crippen LogP contribution in [0.1, 0.15) is 57.4 Å². The zero-order valence-corrected chi connectivity index (χ0v) is 22.7. The number of halogens is 1. The molecule has 2 saturated heterocycles. The molecule has 6 nitrogen and oxygen atoms in total. The first-order valence-corrected chi connectivity index (χ1v) is 14.2. The van der Waals surface area contributed by atoms with Gasteiger partial charge in [-0.15, -0.1) is 11.6 Å². The number of anilines is 1. The topological polar surface area (TPSA) is 91.8 Å². The van der Waals surface area contributed by atoms with Crippen LogP contribution < -0.4 is 5.73 Å². The summed E-state index contributed by atoms with van der Waals surface area (Å²) in [4.78, 5) is 5.83. The number of aliphatic hydroxyl groups is 2. The van der Waals surface area contributed by atoms with E-state index in [4.69, 9.17) is 22.1 Å². The van der Waals surface area contributed by atoms with E-state index in [1.54, 1.807) is 0 Å². The van der Waals surface area contributed by atoms with Gasteiger partial charge in [-0.2, -0.15) is 0 Å². The molecule has 5 aliphatic rings. The molecule has 2 aromatic rings. The highest BCUT2D eigenvalue weighted by molar-refractivity contribution is 6.25. The van der Waals surface area contributed by atoms with Crippen LogP contribution in [0.3, 0.4) is 0 Å². The second-order valence-electron chi connectivity index (χ2n) is 13.0. The van der Waals surface area contributed by atoms with Crippen molar-refractivity contribution in [2.75, 3.05) is 19.8 Å². The van der Waals surface area contributed by atoms with Crippen molar-refractivity contribution < 1.29 is 14.9 Å². The number of alkyl halides is 1. The van der Waals surface area contributed by atoms with Crippen molar-refractivity contribution in [1.82, 2.24) is 9.88 Å². The number of rotatable bonds is 2. The van der Waals surface area contributed by atoms with Crippen molar-refractivity contribution in [3.63, 3.8) is 0 Å². The van der Waals surface area contributed by atoms with Crippen LogP contribution in [0.25, 0.3) is 16.3 Å². The Bertz CT molecular complexity index is 1320. The zero-order valence-electron chi connectivity index (χ0n) is 22.0. The van der Waals surface area contributed by atoms with Crippen LogP contribution in [0.15, 0.2) is 36.5 Å². The first kappa shape index (κ1) is 24.3. The normalized spacial score (nSPS) is 46.5. The van der Waals surface area contributed by atoms with Crippen molar-refractivity contribution in [2.24, 2.45) is 17.3 Å². The minimum atomic E-state index is -0.821. The number of hydrogen-bond acceptors (Lipinski definition) is 6. The molecule has 4 N–H and O–H groups in total. The standard InChI is InChI=1S/C30H38ClN3O3/c1-27-8-10-29(31)14-21-25(35)26(36)22(34(2)3)15-28(21)9-11-30(29,37-28)23(27)7-6-20(27)18-5-4-17-13-24(32)33-16-19(17)12-18/h4-6,12-13,16,21-23,25-26,35-36H,7-11,14-15H2,1-3H3,(H2,32,33)/t21?,22-,23?,25+,26+,27+,28+,29?,30-/m0/s1. The first-order valence-electron chi connectivity index (χ1n) is 13.8. The summed E-state index contributed by atoms with van der Waals surface area (Å²) in [5.41, 5.74) is 7.64. The molecule has 3 aliphatic carbocycles. The van der Waals surface area contributed by atoms with Gasteiger partial charge in [-0.1, -0.05) is 25.1 Å². The van der Waals surface area contributed by atoms with E-state index in [1.807, 2.05) is 31.3 Å². The van der Waals surface area contributed by atoms with Crippen LogP contribution in [0.2, 0.25) is 0 Å². The Labute approximate surface area is 223 Å². The highest BCUT2D eigenvalue weighted by Crippen LogP contribution is 2.73. The number of likely N-dealkylation sites (N-methyl/N-ethyl adjacent to an activating group) is 1. The Morgan fingerprint density at radius 3 is 2.65 bits per heavy atom. The Kier molecular flexibility index (Phi) is 5.06. The average Bonchev–Trinajstić information content (AvgIpc) is 3.39. The summed E-state index contributed by atoms with van der Waals surface area (Å²) in [7, 11) is 3.96. The molecule has 2 spiro atoms. The Morgan fingerprint density at radius 1 is 1.05 bits per heavy atom. The van der Waals surface area contributed by atoms with Crippen molar-refractivity contribution in [1.29, 1.82) is 0 Å². The van der Waals surface area contributed by atoms with Crippen LogP contribution in [0.4, 0.5) is 5.82 Å². The van der Waals surface area contributed by atoms with E-state index in [2.05, 4.69) is 36.2 Å². The molecule has 7 rings (SSSR count). The van der Waals surface area contributed by atoms with E-state index in [0.29, 0.717) is 12.2 Å². The van der Waals surface area contributed by atoms with Gasteiger partial charge in [0.2, 0.25) is 0 Å². The van der Waals surface area contributed by atoms with Gasteiger partial charge in [-0.3, -0.25) is 0 Å². The molecule has 0 radical (unpaired) electrons. The fraction of sp³-hybridized carbons (Fsp3) is 0.633. The number of nitrogens with two attached hydrogens (primary N) is 1. The lowest BCUT2D eigenvalue weighted by atomic mass is 9.52. The maximum absolute atomic E-state index is 11.3. The monoisotopic (exact) mass is 523 g/mol. The number of ether oxygens (including phenoxy) is 1. The van der Waals surface area contributed by atoms with Gasteiger partial charge in [0.15, 0.2) is 0 Å². The highest BCUT2D eigenvalue weighted by atomic mass is 35.5. The summed E-state index contributed by atoms with van der Waals surface area (Å²) < 4.78 is 7.34. The molecule has 2 aliphatic heterocycles. The van der Waals surface area contributed by atoms with Gasteiger partial charge in [0.1, 0.15) is 5.82 Å². The molecule has 4 fully saturated rings. The maximum atomic E-state index is 11.3. The van der Waals surface area contributed by atoms with E-state index in [0.717, 1.165) is 49.3 Å². The molecular weight excluding hydrogens is 486 g/mol. The molecule has 3 unspecified atom stereocenters. The van der Waals surface area contributed by atoms with E-state index >= 15 is 0 Å². The number of hydrogen-bond donors (Lipinski definition) is 3. The number of allylic oxidation sites excluding steroid dienone is 2. The van der Waals surface area contributed by atoms with Gasteiger partial charge in [-0.25, -0.2) is 4.98 Å². The van der Waals surface area contributed by atoms with Gasteiger partial charge < -0.3 is 25.6 Å². The second-order valence-corrected chi connectivity index (χ2v) is 13.8. The van der Waals surface area contributed by atoms with E-state index in [1.165, 1.54) is 11.1 Å². The van der Waals surface area contributed by atoms with Crippen LogP contribution in [-0.2, 0) is 4.74 Å². The van der Waals surface area contributed by atoms with Crippen molar-refractivity contribution >= 4 is 33.8 Å². The zero-order chi connectivity index (χ0) is 26.0. The number of aromatic nitrogens is 1. The SMILES string of the molecule is CN(C)[C@H]1C[C@@]23CC[C@]4(O2)C2CC=C(c5ccc6cc(N)ncc6c5)[C@@]2(C)CCC4(Cl)CC3[C@@H](O)[C@@H]1O. The molecule has 0 amide bonds. The summed E-state index contributed by atoms with van der Waals surface area (Å²) in [6.07, 6.45) is 8.71. The summed E-state index contributed by atoms with van der Waals surface area (Å²) in [6, 6.07) is 8.41. The lowest BCUT2D eigenvalue weighted by Gasteiger charge is -2.65. The molecule has 9 atom stereocenters. The lowest BCUT2D eigenvalue weighted by Crippen LogP contribution is -2.72. The van der Waals surface area contributed by atoms with E-state index < -0.39 is 28.3 Å². The molecule has 198 valence electrons. The van der Waals surface area contributed by atoms with Crippen LogP contribution in [0, 0.1) is 17.3 Å². The Morgan fingerprint density at radius 2 is 1.86 bits per heavy atom. The number of benzene rings is 1. The van der Waals surface area contributed by atoms with Crippen LogP contribution in [-0.4, -0.2) is 68.5 Å². The predicted molar refractivity (Wildman–Crippen MR) is 146 cm³/mol. The predicted octanol–water partition coefficient (Wildman–Crippen LogP) is 4.36. The number of nitrogen functional groups attached to an aromatic ring is 1. The Hall–Kier alpha value is -1.70. The first-order chi connectivity index (χ1) is 17.5. The summed E-state index contributed by atoms with van der Waals surface area (Å²) in [6.45, 7) is 2.41. The minimum Gasteiger partial charge on any atom is -0.390 e. The smallest absolute Gasteiger partial charge is 0.123 e. The Balaban J connectivity index is 1.26. The molecule has 2 saturated carbocycles. The third-order valence-corrected chi connectivity index (χ3v) is 11.9. The van der Waals surface area contributed by atoms with Gasteiger partial charge >= 0.3 is 0 Å². The van der Waals surface area contributed by atoms with Gasteiger partial charge in [0.25, 0.3) is 0 Å². The number of fused-ring (bicyclic) bond motifs is 2. The molecule has 3 heterocycles. The van der Waals surface area contributed by atoms with Crippen molar-refractivity contribution in [3.8, 4) is 0 Å². The quantitative estimate of drug-likeness (QED) is 0.506. The average molecular weight is 524 g/mol. The number of pyridine rings is 1. The van der Waals surface area contributed by atoms with E-state index in [-0.39, 0.29) is 23.3 Å². The molecule has 1 aromatic carbocycles. The van der Waals surface area contributed by atoms with Crippen molar-refractivity contribution in [3.05, 3.63) is 42.1 Å². The third kappa shape index (κ3) is 3.05. The summed E-state index contributed by atoms with van der Waals surface area (Å²) in [5, 5.41) is 24.5. The fourth-order valence-electron chi connectivity index (χ4n) is 9.33. The number of aliphatic hydroxyl groups excluding tert-OH is 2. The maximum Gasteiger partial charge on any atom is 0.123 e. The van der Waals surface area contributed by atoms with Gasteiger partial charge in [0.05, 0.1) is 28.3 Å². The fourth-order valence-corrected chi connectivity index (χ4v) is 9.86. The van der Waals surface area contributed by atoms with Crippen LogP contribution >= 0.6 is 11.6 Å². The second kappa shape index (κ2) is 7.70. The summed E-state index contributed by atoms with van der Waals surface area (Å²) in [5.74, 6) is 0.686. The molecule has 1 aromatic heterocycles. The van der Waals surface area contributed by atoms with Crippen LogP contribution in [0.5, 0.6) is 0 Å². The van der Waals surface area contributed by atoms with Gasteiger partial charge in [-0.05, 0) is 93.1 Å². The largest absolute Gasteiger partial charge is 0.390 e. The lowest BCUT2D eigenvalue weighted by molar-refractivity contribution is -0.276. The van der Waals surface area contributed by atoms with Gasteiger partial charge in [0, 0.05) is 29.5 Å². The third-order valence-electron chi connectivity index (χ3n) is 11.3. The van der Waals surface area contributed by atoms with Crippen molar-refractivity contribution in [2.45, 2.75) is 86.2 Å². The summed E-state index contributed by atoms with van der Waals surface area (Å²) >= 11 is 7.63. The molecule has 2 bridgehead atoms.